The summed E-state index contributed by atoms with van der Waals surface area (Å²) in [6, 6.07) is 0. The summed E-state index contributed by atoms with van der Waals surface area (Å²) < 4.78 is 24.1. The van der Waals surface area contributed by atoms with Crippen LogP contribution in [-0.4, -0.2) is 67.2 Å². The van der Waals surface area contributed by atoms with E-state index in [-0.39, 0.29) is 11.8 Å². The SMILES string of the molecule is CS(=O)(=O)N1CCC(C(=O)N2CCC(O)C2)CC1. The molecule has 1 amide bonds. The third-order valence-corrected chi connectivity index (χ3v) is 5.05. The smallest absolute Gasteiger partial charge is 0.225 e. The second-order valence-electron chi connectivity index (χ2n) is 5.16. The molecule has 0 aromatic carbocycles. The number of carbonyl (C=O) groups excluding carboxylic acids is 1. The van der Waals surface area contributed by atoms with Gasteiger partial charge in [0.05, 0.1) is 12.4 Å². The van der Waals surface area contributed by atoms with Crippen LogP contribution in [0.1, 0.15) is 19.3 Å². The fourth-order valence-electron chi connectivity index (χ4n) is 2.63. The number of hydrogen-bond acceptors (Lipinski definition) is 4. The highest BCUT2D eigenvalue weighted by atomic mass is 32.2. The van der Waals surface area contributed by atoms with Gasteiger partial charge < -0.3 is 10.0 Å². The van der Waals surface area contributed by atoms with E-state index in [1.807, 2.05) is 0 Å². The summed E-state index contributed by atoms with van der Waals surface area (Å²) in [4.78, 5) is 13.8. The fourth-order valence-corrected chi connectivity index (χ4v) is 3.51. The molecule has 1 unspecified atom stereocenters. The van der Waals surface area contributed by atoms with Gasteiger partial charge in [-0.2, -0.15) is 0 Å². The van der Waals surface area contributed by atoms with Crippen molar-refractivity contribution in [1.82, 2.24) is 9.21 Å². The van der Waals surface area contributed by atoms with Gasteiger partial charge in [-0.3, -0.25) is 4.79 Å². The molecule has 0 aromatic rings. The van der Waals surface area contributed by atoms with Crippen LogP contribution in [0.5, 0.6) is 0 Å². The number of hydrogen-bond donors (Lipinski definition) is 1. The molecule has 2 rings (SSSR count). The Bertz CT molecular complexity index is 415. The van der Waals surface area contributed by atoms with Crippen LogP contribution >= 0.6 is 0 Å². The first-order chi connectivity index (χ1) is 8.38. The normalized spacial score (nSPS) is 27.7. The standard InChI is InChI=1S/C11H20N2O4S/c1-18(16,17)13-6-2-9(3-7-13)11(15)12-5-4-10(14)8-12/h9-10,14H,2-8H2,1H3. The fraction of sp³-hybridized carbons (Fsp3) is 0.909. The maximum absolute atomic E-state index is 12.1. The summed E-state index contributed by atoms with van der Waals surface area (Å²) in [6.45, 7) is 1.88. The molecule has 0 aliphatic carbocycles. The number of amides is 1. The van der Waals surface area contributed by atoms with E-state index in [1.165, 1.54) is 10.6 Å². The molecule has 0 radical (unpaired) electrons. The molecule has 0 aromatic heterocycles. The van der Waals surface area contributed by atoms with E-state index in [0.29, 0.717) is 45.4 Å². The van der Waals surface area contributed by atoms with Crippen LogP contribution in [0, 0.1) is 5.92 Å². The van der Waals surface area contributed by atoms with Crippen molar-refractivity contribution in [2.24, 2.45) is 5.92 Å². The minimum absolute atomic E-state index is 0.0692. The summed E-state index contributed by atoms with van der Waals surface area (Å²) in [5, 5.41) is 9.41. The first kappa shape index (κ1) is 13.8. The molecule has 0 saturated carbocycles. The molecule has 104 valence electrons. The second kappa shape index (κ2) is 5.14. The van der Waals surface area contributed by atoms with Crippen molar-refractivity contribution in [3.05, 3.63) is 0 Å². The number of likely N-dealkylation sites (tertiary alicyclic amines) is 1. The van der Waals surface area contributed by atoms with Crippen molar-refractivity contribution >= 4 is 15.9 Å². The van der Waals surface area contributed by atoms with Crippen LogP contribution in [0.2, 0.25) is 0 Å². The molecule has 1 atom stereocenters. The van der Waals surface area contributed by atoms with Gasteiger partial charge in [-0.15, -0.1) is 0 Å². The Kier molecular flexibility index (Phi) is 3.93. The zero-order valence-corrected chi connectivity index (χ0v) is 11.4. The number of rotatable bonds is 2. The van der Waals surface area contributed by atoms with E-state index in [4.69, 9.17) is 0 Å². The zero-order valence-electron chi connectivity index (χ0n) is 10.6. The lowest BCUT2D eigenvalue weighted by atomic mass is 9.97. The number of aliphatic hydroxyl groups excluding tert-OH is 1. The van der Waals surface area contributed by atoms with Crippen LogP contribution in [0.4, 0.5) is 0 Å². The van der Waals surface area contributed by atoms with Gasteiger partial charge in [0.1, 0.15) is 0 Å². The van der Waals surface area contributed by atoms with Crippen LogP contribution in [0.25, 0.3) is 0 Å². The Morgan fingerprint density at radius 1 is 1.17 bits per heavy atom. The van der Waals surface area contributed by atoms with E-state index in [2.05, 4.69) is 0 Å². The molecule has 2 saturated heterocycles. The lowest BCUT2D eigenvalue weighted by Crippen LogP contribution is -2.43. The maximum Gasteiger partial charge on any atom is 0.225 e. The molecule has 0 bridgehead atoms. The predicted octanol–water partition coefficient (Wildman–Crippen LogP) is -0.749. The lowest BCUT2D eigenvalue weighted by molar-refractivity contribution is -0.136. The first-order valence-electron chi connectivity index (χ1n) is 6.30. The minimum Gasteiger partial charge on any atom is -0.391 e. The number of nitrogens with zero attached hydrogens (tertiary/aromatic N) is 2. The van der Waals surface area contributed by atoms with Gasteiger partial charge in [0, 0.05) is 32.1 Å². The monoisotopic (exact) mass is 276 g/mol. The van der Waals surface area contributed by atoms with Crippen molar-refractivity contribution in [3.63, 3.8) is 0 Å². The average molecular weight is 276 g/mol. The Hall–Kier alpha value is -0.660. The maximum atomic E-state index is 12.1. The van der Waals surface area contributed by atoms with Gasteiger partial charge in [-0.1, -0.05) is 0 Å². The summed E-state index contributed by atoms with van der Waals surface area (Å²) in [6.07, 6.45) is 2.61. The molecular formula is C11H20N2O4S. The Balaban J connectivity index is 1.88. The van der Waals surface area contributed by atoms with Crippen molar-refractivity contribution in [2.45, 2.75) is 25.4 Å². The van der Waals surface area contributed by atoms with Crippen molar-refractivity contribution < 1.29 is 18.3 Å². The molecule has 2 heterocycles. The molecule has 18 heavy (non-hydrogen) atoms. The highest BCUT2D eigenvalue weighted by molar-refractivity contribution is 7.88. The summed E-state index contributed by atoms with van der Waals surface area (Å²) in [7, 11) is -3.13. The topological polar surface area (TPSA) is 77.9 Å². The Morgan fingerprint density at radius 3 is 2.22 bits per heavy atom. The molecule has 2 aliphatic rings. The largest absolute Gasteiger partial charge is 0.391 e. The van der Waals surface area contributed by atoms with E-state index < -0.39 is 16.1 Å². The van der Waals surface area contributed by atoms with E-state index in [9.17, 15) is 18.3 Å². The third-order valence-electron chi connectivity index (χ3n) is 3.75. The molecule has 2 aliphatic heterocycles. The number of aliphatic hydroxyl groups is 1. The van der Waals surface area contributed by atoms with Gasteiger partial charge in [0.15, 0.2) is 0 Å². The summed E-state index contributed by atoms with van der Waals surface area (Å²) in [5.41, 5.74) is 0. The van der Waals surface area contributed by atoms with E-state index in [1.54, 1.807) is 4.90 Å². The van der Waals surface area contributed by atoms with Crippen LogP contribution in [0.3, 0.4) is 0 Å². The van der Waals surface area contributed by atoms with E-state index >= 15 is 0 Å². The van der Waals surface area contributed by atoms with Gasteiger partial charge in [0.2, 0.25) is 15.9 Å². The lowest BCUT2D eigenvalue weighted by Gasteiger charge is -2.31. The predicted molar refractivity (Wildman–Crippen MR) is 66.3 cm³/mol. The minimum atomic E-state index is -3.13. The molecule has 6 nitrogen and oxygen atoms in total. The van der Waals surface area contributed by atoms with Crippen LogP contribution in [-0.2, 0) is 14.8 Å². The Labute approximate surface area is 108 Å². The van der Waals surface area contributed by atoms with Crippen molar-refractivity contribution in [2.75, 3.05) is 32.4 Å². The average Bonchev–Trinajstić information content (AvgIpc) is 2.74. The first-order valence-corrected chi connectivity index (χ1v) is 8.14. The summed E-state index contributed by atoms with van der Waals surface area (Å²) in [5.74, 6) is -0.0204. The number of sulfonamides is 1. The molecule has 7 heteroatoms. The van der Waals surface area contributed by atoms with Gasteiger partial charge in [0.25, 0.3) is 0 Å². The molecule has 0 spiro atoms. The molecule has 1 N–H and O–H groups in total. The van der Waals surface area contributed by atoms with Crippen LogP contribution < -0.4 is 0 Å². The highest BCUT2D eigenvalue weighted by Crippen LogP contribution is 2.23. The molecule has 2 fully saturated rings. The highest BCUT2D eigenvalue weighted by Gasteiger charge is 2.33. The quantitative estimate of drug-likeness (QED) is 0.720. The van der Waals surface area contributed by atoms with Crippen LogP contribution in [0.15, 0.2) is 0 Å². The Morgan fingerprint density at radius 2 is 1.78 bits per heavy atom. The van der Waals surface area contributed by atoms with E-state index in [0.717, 1.165) is 0 Å². The number of piperidine rings is 1. The number of β-amino-alcohol motifs (C(OH)–C–C–N with tert-alkyl or cyclic N) is 1. The van der Waals surface area contributed by atoms with Crippen molar-refractivity contribution in [1.29, 1.82) is 0 Å². The third kappa shape index (κ3) is 3.02. The molecular weight excluding hydrogens is 256 g/mol. The number of carbonyl (C=O) groups is 1. The summed E-state index contributed by atoms with van der Waals surface area (Å²) >= 11 is 0. The van der Waals surface area contributed by atoms with Gasteiger partial charge in [-0.25, -0.2) is 12.7 Å². The van der Waals surface area contributed by atoms with Gasteiger partial charge >= 0.3 is 0 Å². The second-order valence-corrected chi connectivity index (χ2v) is 7.15. The zero-order chi connectivity index (χ0) is 13.3. The van der Waals surface area contributed by atoms with Crippen molar-refractivity contribution in [3.8, 4) is 0 Å². The van der Waals surface area contributed by atoms with Gasteiger partial charge in [-0.05, 0) is 19.3 Å².